The molecule has 0 aliphatic heterocycles. The van der Waals surface area contributed by atoms with Crippen molar-refractivity contribution in [3.05, 3.63) is 59.4 Å². The molecule has 0 fully saturated rings. The monoisotopic (exact) mass is 404 g/mol. The zero-order valence-corrected chi connectivity index (χ0v) is 15.7. The first-order chi connectivity index (χ1) is 13.2. The van der Waals surface area contributed by atoms with Crippen molar-refractivity contribution in [2.45, 2.75) is 24.0 Å². The van der Waals surface area contributed by atoms with Crippen molar-refractivity contribution >= 4 is 23.1 Å². The molecule has 4 aromatic rings. The third kappa shape index (κ3) is 4.34. The molecule has 0 saturated carbocycles. The zero-order valence-electron chi connectivity index (χ0n) is 14.0. The SMILES string of the molecule is CC(Oc1ccc(F)cc1)c1nnc(SCc2nc(-c3cccs3)no2)o1. The summed E-state index contributed by atoms with van der Waals surface area (Å²) in [6.45, 7) is 1.77. The fraction of sp³-hybridized carbons (Fsp3) is 0.176. The van der Waals surface area contributed by atoms with E-state index in [2.05, 4.69) is 20.3 Å². The van der Waals surface area contributed by atoms with Gasteiger partial charge in [0.2, 0.25) is 11.7 Å². The maximum Gasteiger partial charge on any atom is 0.277 e. The average molecular weight is 404 g/mol. The summed E-state index contributed by atoms with van der Waals surface area (Å²) in [6.07, 6.45) is -0.467. The van der Waals surface area contributed by atoms with Gasteiger partial charge in [-0.05, 0) is 42.6 Å². The lowest BCUT2D eigenvalue weighted by molar-refractivity contribution is 0.181. The fourth-order valence-electron chi connectivity index (χ4n) is 2.15. The quantitative estimate of drug-likeness (QED) is 0.408. The van der Waals surface area contributed by atoms with E-state index in [-0.39, 0.29) is 5.82 Å². The molecule has 3 aromatic heterocycles. The Morgan fingerprint density at radius 1 is 1.22 bits per heavy atom. The molecule has 7 nitrogen and oxygen atoms in total. The highest BCUT2D eigenvalue weighted by Crippen LogP contribution is 2.27. The summed E-state index contributed by atoms with van der Waals surface area (Å²) >= 11 is 2.84. The molecular weight excluding hydrogens is 391 g/mol. The van der Waals surface area contributed by atoms with Crippen LogP contribution < -0.4 is 4.74 Å². The topological polar surface area (TPSA) is 87.1 Å². The van der Waals surface area contributed by atoms with Gasteiger partial charge in [-0.1, -0.05) is 23.0 Å². The summed E-state index contributed by atoms with van der Waals surface area (Å²) in [5.41, 5.74) is 0. The van der Waals surface area contributed by atoms with Crippen LogP contribution in [-0.4, -0.2) is 20.3 Å². The molecule has 138 valence electrons. The van der Waals surface area contributed by atoms with Crippen molar-refractivity contribution in [1.82, 2.24) is 20.3 Å². The van der Waals surface area contributed by atoms with Crippen LogP contribution in [0.5, 0.6) is 5.75 Å². The molecule has 0 aliphatic carbocycles. The van der Waals surface area contributed by atoms with Gasteiger partial charge >= 0.3 is 0 Å². The van der Waals surface area contributed by atoms with Crippen molar-refractivity contribution in [1.29, 1.82) is 0 Å². The molecule has 0 radical (unpaired) electrons. The molecule has 1 atom stereocenters. The molecule has 0 spiro atoms. The van der Waals surface area contributed by atoms with Crippen molar-refractivity contribution in [2.75, 3.05) is 0 Å². The minimum absolute atomic E-state index is 0.324. The Balaban J connectivity index is 1.34. The number of nitrogens with zero attached hydrogens (tertiary/aromatic N) is 4. The van der Waals surface area contributed by atoms with Gasteiger partial charge in [0.1, 0.15) is 11.6 Å². The number of aromatic nitrogens is 4. The van der Waals surface area contributed by atoms with Gasteiger partial charge in [0.15, 0.2) is 6.10 Å². The molecule has 4 rings (SSSR count). The third-order valence-electron chi connectivity index (χ3n) is 3.43. The van der Waals surface area contributed by atoms with Crippen LogP contribution in [0.4, 0.5) is 4.39 Å². The van der Waals surface area contributed by atoms with Crippen molar-refractivity contribution in [3.63, 3.8) is 0 Å². The van der Waals surface area contributed by atoms with Crippen LogP contribution >= 0.6 is 23.1 Å². The molecule has 27 heavy (non-hydrogen) atoms. The van der Waals surface area contributed by atoms with Gasteiger partial charge in [-0.25, -0.2) is 4.39 Å². The van der Waals surface area contributed by atoms with Crippen LogP contribution in [0, 0.1) is 5.82 Å². The van der Waals surface area contributed by atoms with E-state index in [1.54, 1.807) is 30.4 Å². The first-order valence-corrected chi connectivity index (χ1v) is 9.79. The van der Waals surface area contributed by atoms with E-state index in [0.29, 0.717) is 34.3 Å². The van der Waals surface area contributed by atoms with Crippen LogP contribution in [0.25, 0.3) is 10.7 Å². The highest BCUT2D eigenvalue weighted by Gasteiger charge is 2.17. The van der Waals surface area contributed by atoms with Crippen LogP contribution in [0.2, 0.25) is 0 Å². The van der Waals surface area contributed by atoms with E-state index in [0.717, 1.165) is 4.88 Å². The Morgan fingerprint density at radius 2 is 2.07 bits per heavy atom. The second kappa shape index (κ2) is 7.89. The number of hydrogen-bond donors (Lipinski definition) is 0. The van der Waals surface area contributed by atoms with Gasteiger partial charge < -0.3 is 13.7 Å². The molecule has 0 N–H and O–H groups in total. The van der Waals surface area contributed by atoms with E-state index in [9.17, 15) is 4.39 Å². The molecule has 1 aromatic carbocycles. The largest absolute Gasteiger partial charge is 0.481 e. The number of rotatable bonds is 7. The molecule has 0 bridgehead atoms. The highest BCUT2D eigenvalue weighted by molar-refractivity contribution is 7.98. The maximum atomic E-state index is 12.9. The third-order valence-corrected chi connectivity index (χ3v) is 5.09. The Bertz CT molecular complexity index is 1000. The Hall–Kier alpha value is -2.72. The number of thioether (sulfide) groups is 1. The van der Waals surface area contributed by atoms with E-state index in [1.165, 1.54) is 23.9 Å². The summed E-state index contributed by atoms with van der Waals surface area (Å²) in [7, 11) is 0. The van der Waals surface area contributed by atoms with Gasteiger partial charge in [0.05, 0.1) is 10.6 Å². The minimum Gasteiger partial charge on any atom is -0.481 e. The maximum absolute atomic E-state index is 12.9. The number of ether oxygens (including phenoxy) is 1. The lowest BCUT2D eigenvalue weighted by atomic mass is 10.3. The second-order valence-corrected chi connectivity index (χ2v) is 7.27. The van der Waals surface area contributed by atoms with Crippen LogP contribution in [-0.2, 0) is 5.75 Å². The van der Waals surface area contributed by atoms with E-state index in [4.69, 9.17) is 13.7 Å². The van der Waals surface area contributed by atoms with Crippen LogP contribution in [0.15, 0.2) is 55.9 Å². The number of halogens is 1. The summed E-state index contributed by atoms with van der Waals surface area (Å²) in [6, 6.07) is 9.59. The number of thiophene rings is 1. The summed E-state index contributed by atoms with van der Waals surface area (Å²) in [5, 5.41) is 14.2. The Kier molecular flexibility index (Phi) is 5.16. The van der Waals surface area contributed by atoms with Gasteiger partial charge in [-0.15, -0.1) is 21.5 Å². The smallest absolute Gasteiger partial charge is 0.277 e. The second-order valence-electron chi connectivity index (χ2n) is 5.40. The Morgan fingerprint density at radius 3 is 2.85 bits per heavy atom. The summed E-state index contributed by atoms with van der Waals surface area (Å²) in [4.78, 5) is 5.29. The van der Waals surface area contributed by atoms with Gasteiger partial charge in [0.25, 0.3) is 11.1 Å². The lowest BCUT2D eigenvalue weighted by Crippen LogP contribution is -2.03. The number of hydrogen-bond acceptors (Lipinski definition) is 9. The predicted molar refractivity (Wildman–Crippen MR) is 96.9 cm³/mol. The Labute approximate surface area is 161 Å². The van der Waals surface area contributed by atoms with E-state index in [1.807, 2.05) is 17.5 Å². The zero-order chi connectivity index (χ0) is 18.6. The lowest BCUT2D eigenvalue weighted by Gasteiger charge is -2.10. The first-order valence-electron chi connectivity index (χ1n) is 7.92. The fourth-order valence-corrected chi connectivity index (χ4v) is 3.41. The predicted octanol–water partition coefficient (Wildman–Crippen LogP) is 4.75. The normalized spacial score (nSPS) is 12.2. The first kappa shape index (κ1) is 17.7. The van der Waals surface area contributed by atoms with Crippen LogP contribution in [0.3, 0.4) is 0 Å². The van der Waals surface area contributed by atoms with E-state index >= 15 is 0 Å². The van der Waals surface area contributed by atoms with Crippen molar-refractivity contribution in [2.24, 2.45) is 0 Å². The van der Waals surface area contributed by atoms with Gasteiger partial charge in [-0.2, -0.15) is 4.98 Å². The molecule has 1 unspecified atom stereocenters. The number of benzene rings is 1. The molecule has 3 heterocycles. The summed E-state index contributed by atoms with van der Waals surface area (Å²) in [5.74, 6) is 1.96. The molecule has 0 amide bonds. The minimum atomic E-state index is -0.467. The summed E-state index contributed by atoms with van der Waals surface area (Å²) < 4.78 is 29.4. The standard InChI is InChI=1S/C17H13FN4O3S2/c1-10(23-12-6-4-11(18)5-7-12)16-20-21-17(24-16)27-9-14-19-15(22-25-14)13-3-2-8-26-13/h2-8,10H,9H2,1H3. The van der Waals surface area contributed by atoms with E-state index < -0.39 is 6.10 Å². The van der Waals surface area contributed by atoms with Gasteiger partial charge in [-0.3, -0.25) is 0 Å². The van der Waals surface area contributed by atoms with Crippen molar-refractivity contribution in [3.8, 4) is 16.5 Å². The van der Waals surface area contributed by atoms with Crippen LogP contribution in [0.1, 0.15) is 24.8 Å². The van der Waals surface area contributed by atoms with Crippen molar-refractivity contribution < 1.29 is 18.1 Å². The highest BCUT2D eigenvalue weighted by atomic mass is 32.2. The molecule has 0 aliphatic rings. The molecule has 10 heteroatoms. The molecule has 0 saturated heterocycles. The average Bonchev–Trinajstić information content (AvgIpc) is 3.42. The molecular formula is C17H13FN4O3S2. The van der Waals surface area contributed by atoms with Gasteiger partial charge in [0, 0.05) is 0 Å².